The molecule has 1 N–H and O–H groups in total. The first-order chi connectivity index (χ1) is 15.8. The predicted molar refractivity (Wildman–Crippen MR) is 128 cm³/mol. The Morgan fingerprint density at radius 3 is 1.84 bits per heavy atom. The molecule has 1 amide bonds. The summed E-state index contributed by atoms with van der Waals surface area (Å²) in [5.74, 6) is 0.174. The van der Waals surface area contributed by atoms with E-state index in [0.29, 0.717) is 6.61 Å². The van der Waals surface area contributed by atoms with Crippen molar-refractivity contribution in [1.29, 1.82) is 0 Å². The van der Waals surface area contributed by atoms with Crippen molar-refractivity contribution in [3.8, 4) is 5.75 Å². The molecule has 0 aromatic heterocycles. The van der Waals surface area contributed by atoms with Gasteiger partial charge >= 0.3 is 0 Å². The molecule has 0 unspecified atom stereocenters. The topological polar surface area (TPSA) is 50.7 Å². The maximum atomic E-state index is 13.0. The van der Waals surface area contributed by atoms with Crippen LogP contribution >= 0.6 is 0 Å². The molecule has 0 bridgehead atoms. The van der Waals surface area contributed by atoms with Gasteiger partial charge in [-0.1, -0.05) is 91.0 Å². The van der Waals surface area contributed by atoms with Gasteiger partial charge in [0.15, 0.2) is 0 Å². The van der Waals surface area contributed by atoms with Crippen LogP contribution in [0.3, 0.4) is 0 Å². The van der Waals surface area contributed by atoms with Gasteiger partial charge in [-0.05, 0) is 46.5 Å². The van der Waals surface area contributed by atoms with Crippen molar-refractivity contribution in [2.24, 2.45) is 5.10 Å². The smallest absolute Gasteiger partial charge is 0.252 e. The van der Waals surface area contributed by atoms with Crippen molar-refractivity contribution >= 4 is 12.1 Å². The Hall–Kier alpha value is -4.18. The maximum absolute atomic E-state index is 13.0. The third-order valence-corrected chi connectivity index (χ3v) is 5.04. The first kappa shape index (κ1) is 21.1. The summed E-state index contributed by atoms with van der Waals surface area (Å²) in [5.41, 5.74) is 6.52. The molecule has 4 nitrogen and oxygen atoms in total. The minimum atomic E-state index is -0.427. The summed E-state index contributed by atoms with van der Waals surface area (Å²) >= 11 is 0. The monoisotopic (exact) mass is 420 g/mol. The summed E-state index contributed by atoms with van der Waals surface area (Å²) in [4.78, 5) is 13.0. The fourth-order valence-corrected chi connectivity index (χ4v) is 3.41. The highest BCUT2D eigenvalue weighted by Crippen LogP contribution is 2.24. The van der Waals surface area contributed by atoms with E-state index >= 15 is 0 Å². The minimum Gasteiger partial charge on any atom is -0.489 e. The van der Waals surface area contributed by atoms with E-state index in [1.165, 1.54) is 0 Å². The van der Waals surface area contributed by atoms with Crippen LogP contribution in [0.5, 0.6) is 5.75 Å². The van der Waals surface area contributed by atoms with Crippen LogP contribution in [0.25, 0.3) is 0 Å². The molecule has 0 aliphatic rings. The zero-order valence-corrected chi connectivity index (χ0v) is 17.6. The molecule has 32 heavy (non-hydrogen) atoms. The van der Waals surface area contributed by atoms with E-state index in [4.69, 9.17) is 4.74 Å². The van der Waals surface area contributed by atoms with Crippen molar-refractivity contribution in [2.75, 3.05) is 0 Å². The van der Waals surface area contributed by atoms with E-state index in [1.54, 1.807) is 6.21 Å². The lowest BCUT2D eigenvalue weighted by Gasteiger charge is -2.16. The number of carbonyl (C=O) groups excluding carboxylic acids is 1. The van der Waals surface area contributed by atoms with Crippen LogP contribution in [0, 0.1) is 0 Å². The Labute approximate surface area is 188 Å². The van der Waals surface area contributed by atoms with Crippen LogP contribution in [0.15, 0.2) is 120 Å². The molecule has 4 heteroatoms. The van der Waals surface area contributed by atoms with E-state index in [9.17, 15) is 4.79 Å². The van der Waals surface area contributed by atoms with Crippen LogP contribution in [0.1, 0.15) is 28.2 Å². The SMILES string of the molecule is O=C(NN=Cc1ccc(OCc2ccccc2)cc1)C(c1ccccc1)c1ccccc1. The third-order valence-electron chi connectivity index (χ3n) is 5.04. The second kappa shape index (κ2) is 10.7. The third kappa shape index (κ3) is 5.70. The number of hydrazone groups is 1. The van der Waals surface area contributed by atoms with Gasteiger partial charge in [0, 0.05) is 0 Å². The molecule has 158 valence electrons. The maximum Gasteiger partial charge on any atom is 0.252 e. The first-order valence-corrected chi connectivity index (χ1v) is 10.5. The summed E-state index contributed by atoms with van der Waals surface area (Å²) in [6.07, 6.45) is 1.63. The number of nitrogens with one attached hydrogen (secondary N) is 1. The van der Waals surface area contributed by atoms with Crippen molar-refractivity contribution in [3.63, 3.8) is 0 Å². The Morgan fingerprint density at radius 2 is 1.28 bits per heavy atom. The van der Waals surface area contributed by atoms with Crippen LogP contribution in [-0.2, 0) is 11.4 Å². The van der Waals surface area contributed by atoms with Crippen molar-refractivity contribution in [1.82, 2.24) is 5.43 Å². The lowest BCUT2D eigenvalue weighted by molar-refractivity contribution is -0.121. The highest BCUT2D eigenvalue weighted by Gasteiger charge is 2.22. The highest BCUT2D eigenvalue weighted by molar-refractivity contribution is 5.88. The van der Waals surface area contributed by atoms with Gasteiger partial charge in [-0.3, -0.25) is 4.79 Å². The molecule has 0 spiro atoms. The Morgan fingerprint density at radius 1 is 0.750 bits per heavy atom. The molecule has 4 rings (SSSR count). The van der Waals surface area contributed by atoms with Crippen LogP contribution in [0.2, 0.25) is 0 Å². The molecule has 0 saturated carbocycles. The van der Waals surface area contributed by atoms with Crippen LogP contribution in [-0.4, -0.2) is 12.1 Å². The van der Waals surface area contributed by atoms with Gasteiger partial charge in [-0.2, -0.15) is 5.10 Å². The van der Waals surface area contributed by atoms with Gasteiger partial charge in [0.25, 0.3) is 5.91 Å². The Balaban J connectivity index is 1.38. The zero-order chi connectivity index (χ0) is 22.0. The van der Waals surface area contributed by atoms with Gasteiger partial charge in [-0.25, -0.2) is 5.43 Å². The van der Waals surface area contributed by atoms with E-state index < -0.39 is 5.92 Å². The van der Waals surface area contributed by atoms with Crippen LogP contribution in [0.4, 0.5) is 0 Å². The molecule has 4 aromatic rings. The number of carbonyl (C=O) groups is 1. The number of ether oxygens (including phenoxy) is 1. The van der Waals surface area contributed by atoms with Gasteiger partial charge < -0.3 is 4.74 Å². The zero-order valence-electron chi connectivity index (χ0n) is 17.6. The lowest BCUT2D eigenvalue weighted by atomic mass is 9.91. The molecule has 0 saturated heterocycles. The quantitative estimate of drug-likeness (QED) is 0.300. The number of nitrogens with zero attached hydrogens (tertiary/aromatic N) is 1. The Kier molecular flexibility index (Phi) is 7.06. The van der Waals surface area contributed by atoms with Gasteiger partial charge in [-0.15, -0.1) is 0 Å². The summed E-state index contributed by atoms with van der Waals surface area (Å²) in [6.45, 7) is 0.519. The minimum absolute atomic E-state index is 0.179. The summed E-state index contributed by atoms with van der Waals surface area (Å²) in [6, 6.07) is 37.0. The lowest BCUT2D eigenvalue weighted by Crippen LogP contribution is -2.26. The predicted octanol–water partition coefficient (Wildman–Crippen LogP) is 5.55. The molecule has 0 aliphatic heterocycles. The first-order valence-electron chi connectivity index (χ1n) is 10.5. The van der Waals surface area contributed by atoms with Crippen molar-refractivity contribution < 1.29 is 9.53 Å². The van der Waals surface area contributed by atoms with E-state index in [1.807, 2.05) is 115 Å². The molecule has 0 atom stereocenters. The number of hydrogen-bond donors (Lipinski definition) is 1. The molecule has 0 radical (unpaired) electrons. The van der Waals surface area contributed by atoms with Crippen molar-refractivity contribution in [3.05, 3.63) is 138 Å². The number of benzene rings is 4. The second-order valence-corrected chi connectivity index (χ2v) is 7.33. The molecule has 0 aliphatic carbocycles. The number of rotatable bonds is 8. The van der Waals surface area contributed by atoms with Gasteiger partial charge in [0.05, 0.1) is 12.1 Å². The molecule has 0 heterocycles. The highest BCUT2D eigenvalue weighted by atomic mass is 16.5. The summed E-state index contributed by atoms with van der Waals surface area (Å²) < 4.78 is 5.80. The second-order valence-electron chi connectivity index (χ2n) is 7.33. The number of amides is 1. The molecular formula is C28H24N2O2. The van der Waals surface area contributed by atoms with Gasteiger partial charge in [0.2, 0.25) is 0 Å². The van der Waals surface area contributed by atoms with E-state index in [0.717, 1.165) is 28.0 Å². The average Bonchev–Trinajstić information content (AvgIpc) is 2.86. The normalized spacial score (nSPS) is 10.9. The average molecular weight is 421 g/mol. The molecule has 4 aromatic carbocycles. The number of hydrogen-bond acceptors (Lipinski definition) is 3. The van der Waals surface area contributed by atoms with Gasteiger partial charge in [0.1, 0.15) is 12.4 Å². The standard InChI is InChI=1S/C28H24N2O2/c31-28(27(24-12-6-2-7-13-24)25-14-8-3-9-15-25)30-29-20-22-16-18-26(19-17-22)32-21-23-10-4-1-5-11-23/h1-20,27H,21H2,(H,30,31). The fraction of sp³-hybridized carbons (Fsp3) is 0.0714. The van der Waals surface area contributed by atoms with E-state index in [2.05, 4.69) is 10.5 Å². The molecular weight excluding hydrogens is 396 g/mol. The van der Waals surface area contributed by atoms with Crippen LogP contribution < -0.4 is 10.2 Å². The fourth-order valence-electron chi connectivity index (χ4n) is 3.41. The Bertz CT molecular complexity index is 1100. The summed E-state index contributed by atoms with van der Waals surface area (Å²) in [5, 5.41) is 4.17. The van der Waals surface area contributed by atoms with Crippen molar-refractivity contribution in [2.45, 2.75) is 12.5 Å². The summed E-state index contributed by atoms with van der Waals surface area (Å²) in [7, 11) is 0. The van der Waals surface area contributed by atoms with E-state index in [-0.39, 0.29) is 5.91 Å². The largest absolute Gasteiger partial charge is 0.489 e. The molecule has 0 fully saturated rings.